The van der Waals surface area contributed by atoms with E-state index in [9.17, 15) is 31.5 Å². The average molecular weight is 621 g/mol. The van der Waals surface area contributed by atoms with Crippen molar-refractivity contribution in [3.63, 3.8) is 0 Å². The van der Waals surface area contributed by atoms with Crippen LogP contribution in [0.25, 0.3) is 5.65 Å². The normalized spacial score (nSPS) is 22.6. The highest BCUT2D eigenvalue weighted by molar-refractivity contribution is 5.93. The molecular formula is C25H29F5N8O5. The Morgan fingerprint density at radius 3 is 2.72 bits per heavy atom. The number of ether oxygens (including phenoxy) is 2. The second kappa shape index (κ2) is 11.3. The lowest BCUT2D eigenvalue weighted by molar-refractivity contribution is -0.265. The third-order valence-electron chi connectivity index (χ3n) is 6.84. The maximum Gasteiger partial charge on any atom is 0.416 e. The number of nitrogens with one attached hydrogen (secondary N) is 2. The number of amides is 3. The maximum absolute atomic E-state index is 14.9. The van der Waals surface area contributed by atoms with Crippen LogP contribution in [0.3, 0.4) is 0 Å². The van der Waals surface area contributed by atoms with Crippen LogP contribution in [0.5, 0.6) is 0 Å². The molecule has 1 aliphatic carbocycles. The van der Waals surface area contributed by atoms with Crippen LogP contribution in [0.15, 0.2) is 23.1 Å². The van der Waals surface area contributed by atoms with E-state index in [-0.39, 0.29) is 33.4 Å². The summed E-state index contributed by atoms with van der Waals surface area (Å²) in [6.45, 7) is -7.22. The Bertz CT molecular complexity index is 1670. The first-order valence-corrected chi connectivity index (χ1v) is 12.9. The van der Waals surface area contributed by atoms with E-state index in [2.05, 4.69) is 25.7 Å². The van der Waals surface area contributed by atoms with Crippen molar-refractivity contribution in [2.45, 2.75) is 62.4 Å². The molecule has 1 aliphatic heterocycles. The fourth-order valence-electron chi connectivity index (χ4n) is 4.16. The molecule has 234 valence electrons. The van der Waals surface area contributed by atoms with E-state index in [4.69, 9.17) is 19.6 Å². The van der Waals surface area contributed by atoms with Crippen molar-refractivity contribution in [1.82, 2.24) is 40.4 Å². The first kappa shape index (κ1) is 25.6. The van der Waals surface area contributed by atoms with Gasteiger partial charge in [0, 0.05) is 18.6 Å². The number of carbonyl (C=O) groups excluding carboxylic acids is 2. The molecule has 18 heteroatoms. The van der Waals surface area contributed by atoms with E-state index in [0.29, 0.717) is 5.69 Å². The van der Waals surface area contributed by atoms with E-state index in [1.807, 2.05) is 0 Å². The van der Waals surface area contributed by atoms with E-state index in [0.717, 1.165) is 44.5 Å². The second-order valence-electron chi connectivity index (χ2n) is 10.5. The first-order chi connectivity index (χ1) is 21.7. The molecular weight excluding hydrogens is 587 g/mol. The van der Waals surface area contributed by atoms with Crippen molar-refractivity contribution in [3.05, 3.63) is 41.1 Å². The van der Waals surface area contributed by atoms with E-state index < -0.39 is 67.9 Å². The minimum Gasteiger partial charge on any atom is -0.382 e. The van der Waals surface area contributed by atoms with Crippen molar-refractivity contribution in [2.24, 2.45) is 0 Å². The van der Waals surface area contributed by atoms with Gasteiger partial charge >= 0.3 is 12.2 Å². The predicted molar refractivity (Wildman–Crippen MR) is 135 cm³/mol. The Hall–Kier alpha value is -3.93. The standard InChI is InChI=1S/C25H29F5N8O5/c1-23(2,25(28,29)30)42-9-16(34-21(39)20-19(13-4-5-13)35-43-36-20)15-8-38-18(33-15)6-14(7-32-38)17(10-41-3)37-12-24(26,27)11-31-22(37)40/h6-8,13,16-17H,4-5,9-12H2,1-3H3,(H,31,40)(H,34,39)/i11D2,12D2. The largest absolute Gasteiger partial charge is 0.416 e. The van der Waals surface area contributed by atoms with Crippen LogP contribution in [-0.2, 0) is 9.47 Å². The SMILES string of the molecule is [2H]C1([2H])NC(=O)N(C(COC)c2cnn3cc(C(COC(C)(C)C(F)(F)F)NC(=O)c4nonc4C4CC4)nc3c2)C([2H])([2H])C1(F)F. The van der Waals surface area contributed by atoms with Crippen LogP contribution in [0, 0.1) is 0 Å². The quantitative estimate of drug-likeness (QED) is 0.308. The minimum absolute atomic E-state index is 0.0422. The third-order valence-corrected chi connectivity index (χ3v) is 6.84. The first-order valence-electron chi connectivity index (χ1n) is 14.9. The number of carbonyl (C=O) groups is 2. The van der Waals surface area contributed by atoms with Crippen molar-refractivity contribution in [3.8, 4) is 0 Å². The zero-order valence-electron chi connectivity index (χ0n) is 26.9. The van der Waals surface area contributed by atoms with Gasteiger partial charge in [0.1, 0.15) is 5.69 Å². The molecule has 3 amide bonds. The minimum atomic E-state index is -4.77. The third kappa shape index (κ3) is 6.53. The number of urea groups is 1. The fraction of sp³-hybridized carbons (Fsp3) is 0.600. The second-order valence-corrected chi connectivity index (χ2v) is 10.5. The van der Waals surface area contributed by atoms with Crippen LogP contribution in [0.4, 0.5) is 26.7 Å². The molecule has 3 aromatic heterocycles. The molecule has 2 fully saturated rings. The van der Waals surface area contributed by atoms with Gasteiger partial charge in [0.05, 0.1) is 61.9 Å². The molecule has 0 bridgehead atoms. The number of methoxy groups -OCH3 is 1. The summed E-state index contributed by atoms with van der Waals surface area (Å²) >= 11 is 0. The number of alkyl halides is 5. The summed E-state index contributed by atoms with van der Waals surface area (Å²) in [4.78, 5) is 30.4. The zero-order chi connectivity index (χ0) is 34.7. The molecule has 5 rings (SSSR count). The average Bonchev–Trinajstić information content (AvgIpc) is 3.52. The fourth-order valence-corrected chi connectivity index (χ4v) is 4.16. The highest BCUT2D eigenvalue weighted by Crippen LogP contribution is 2.40. The van der Waals surface area contributed by atoms with Crippen LogP contribution in [0.2, 0.25) is 0 Å². The van der Waals surface area contributed by atoms with Gasteiger partial charge in [0.2, 0.25) is 0 Å². The molecule has 0 aromatic carbocycles. The van der Waals surface area contributed by atoms with E-state index >= 15 is 0 Å². The number of halogens is 5. The van der Waals surface area contributed by atoms with Crippen LogP contribution in [0.1, 0.15) is 77.6 Å². The van der Waals surface area contributed by atoms with Gasteiger partial charge in [-0.25, -0.2) is 27.7 Å². The molecule has 1 saturated carbocycles. The molecule has 0 radical (unpaired) electrons. The van der Waals surface area contributed by atoms with Gasteiger partial charge in [-0.05, 0) is 37.9 Å². The monoisotopic (exact) mass is 620 g/mol. The Morgan fingerprint density at radius 2 is 2.05 bits per heavy atom. The highest BCUT2D eigenvalue weighted by Gasteiger charge is 2.49. The van der Waals surface area contributed by atoms with E-state index in [1.54, 1.807) is 0 Å². The Labute approximate surface area is 246 Å². The molecule has 43 heavy (non-hydrogen) atoms. The molecule has 2 unspecified atom stereocenters. The molecule has 3 aromatic rings. The molecule has 2 atom stereocenters. The summed E-state index contributed by atoms with van der Waals surface area (Å²) in [6, 6.07) is -3.16. The summed E-state index contributed by atoms with van der Waals surface area (Å²) < 4.78 is 118. The molecule has 0 spiro atoms. The summed E-state index contributed by atoms with van der Waals surface area (Å²) in [5, 5.41) is 15.5. The van der Waals surface area contributed by atoms with Gasteiger partial charge in [-0.15, -0.1) is 0 Å². The number of imidazole rings is 1. The smallest absolute Gasteiger partial charge is 0.382 e. The van der Waals surface area contributed by atoms with Gasteiger partial charge < -0.3 is 25.0 Å². The molecule has 4 heterocycles. The number of fused-ring (bicyclic) bond motifs is 1. The predicted octanol–water partition coefficient (Wildman–Crippen LogP) is 3.17. The molecule has 2 N–H and O–H groups in total. The van der Waals surface area contributed by atoms with Crippen LogP contribution in [-0.4, -0.2) is 92.8 Å². The van der Waals surface area contributed by atoms with Gasteiger partial charge in [0.25, 0.3) is 11.8 Å². The number of hydrogen-bond acceptors (Lipinski definition) is 9. The lowest BCUT2D eigenvalue weighted by atomic mass is 10.1. The van der Waals surface area contributed by atoms with Crippen LogP contribution < -0.4 is 10.6 Å². The van der Waals surface area contributed by atoms with Crippen molar-refractivity contribution >= 4 is 17.6 Å². The Morgan fingerprint density at radius 1 is 1.30 bits per heavy atom. The summed E-state index contributed by atoms with van der Waals surface area (Å²) in [7, 11) is 1.16. The topological polar surface area (TPSA) is 149 Å². The van der Waals surface area contributed by atoms with Crippen molar-refractivity contribution in [1.29, 1.82) is 0 Å². The lowest BCUT2D eigenvalue weighted by Crippen LogP contribution is -2.58. The van der Waals surface area contributed by atoms with Crippen LogP contribution >= 0.6 is 0 Å². The number of nitrogens with zero attached hydrogens (tertiary/aromatic N) is 6. The summed E-state index contributed by atoms with van der Waals surface area (Å²) in [6.07, 6.45) is -0.928. The Balaban J connectivity index is 1.49. The number of rotatable bonds is 11. The van der Waals surface area contributed by atoms with Gasteiger partial charge in [-0.3, -0.25) is 4.79 Å². The number of aromatic nitrogens is 5. The summed E-state index contributed by atoms with van der Waals surface area (Å²) in [5.74, 6) is -5.59. The maximum atomic E-state index is 14.9. The Kier molecular flexibility index (Phi) is 6.71. The number of hydrogen-bond donors (Lipinski definition) is 2. The summed E-state index contributed by atoms with van der Waals surface area (Å²) in [5.41, 5.74) is -2.65. The zero-order valence-corrected chi connectivity index (χ0v) is 22.9. The van der Waals surface area contributed by atoms with Crippen molar-refractivity contribution < 1.29 is 51.1 Å². The molecule has 13 nitrogen and oxygen atoms in total. The van der Waals surface area contributed by atoms with E-state index in [1.165, 1.54) is 17.6 Å². The molecule has 2 aliphatic rings. The highest BCUT2D eigenvalue weighted by atomic mass is 19.4. The lowest BCUT2D eigenvalue weighted by Gasteiger charge is -2.38. The molecule has 1 saturated heterocycles. The van der Waals surface area contributed by atoms with Gasteiger partial charge in [-0.2, -0.15) is 18.3 Å². The van der Waals surface area contributed by atoms with Gasteiger partial charge in [0.15, 0.2) is 16.9 Å². The van der Waals surface area contributed by atoms with Crippen molar-refractivity contribution in [2.75, 3.05) is 33.3 Å². The van der Waals surface area contributed by atoms with Gasteiger partial charge in [-0.1, -0.05) is 5.16 Å².